The van der Waals surface area contributed by atoms with Gasteiger partial charge in [-0.1, -0.05) is 11.8 Å². The number of rotatable bonds is 0. The van der Waals surface area contributed by atoms with Crippen molar-refractivity contribution in [3.05, 3.63) is 20.8 Å². The number of hydrogen-bond acceptors (Lipinski definition) is 5. The van der Waals surface area contributed by atoms with Gasteiger partial charge in [-0.05, 0) is 24.2 Å². The first kappa shape index (κ1) is 11.4. The molecule has 94 valence electrons. The summed E-state index contributed by atoms with van der Waals surface area (Å²) in [6, 6.07) is 0. The SMILES string of the molecule is O=c1c2c3c(sc2nc2n1CCCS2)CSCC3. The van der Waals surface area contributed by atoms with Crippen LogP contribution >= 0.6 is 34.9 Å². The molecule has 0 aromatic carbocycles. The molecule has 0 atom stereocenters. The van der Waals surface area contributed by atoms with E-state index in [9.17, 15) is 4.79 Å². The fraction of sp³-hybridized carbons (Fsp3) is 0.500. The molecular formula is C12H12N2OS3. The molecule has 0 bridgehead atoms. The van der Waals surface area contributed by atoms with Crippen LogP contribution in [0.25, 0.3) is 10.2 Å². The van der Waals surface area contributed by atoms with E-state index in [-0.39, 0.29) is 5.56 Å². The first-order chi connectivity index (χ1) is 8.84. The van der Waals surface area contributed by atoms with E-state index in [2.05, 4.69) is 0 Å². The van der Waals surface area contributed by atoms with Crippen LogP contribution in [-0.4, -0.2) is 21.1 Å². The van der Waals surface area contributed by atoms with Gasteiger partial charge in [0.1, 0.15) is 4.83 Å². The first-order valence-electron chi connectivity index (χ1n) is 6.10. The largest absolute Gasteiger partial charge is 0.287 e. The minimum Gasteiger partial charge on any atom is -0.287 e. The third kappa shape index (κ3) is 1.58. The van der Waals surface area contributed by atoms with Crippen LogP contribution in [0.5, 0.6) is 0 Å². The number of aromatic nitrogens is 2. The molecule has 4 rings (SSSR count). The number of thioether (sulfide) groups is 2. The third-order valence-electron chi connectivity index (χ3n) is 3.45. The van der Waals surface area contributed by atoms with Gasteiger partial charge in [-0.25, -0.2) is 4.98 Å². The highest BCUT2D eigenvalue weighted by Gasteiger charge is 2.23. The van der Waals surface area contributed by atoms with Crippen molar-refractivity contribution in [2.75, 3.05) is 11.5 Å². The maximum Gasteiger partial charge on any atom is 0.263 e. The Balaban J connectivity index is 2.07. The summed E-state index contributed by atoms with van der Waals surface area (Å²) < 4.78 is 1.88. The van der Waals surface area contributed by atoms with Gasteiger partial charge >= 0.3 is 0 Å². The van der Waals surface area contributed by atoms with Crippen LogP contribution in [0.2, 0.25) is 0 Å². The number of aryl methyl sites for hydroxylation is 1. The molecule has 0 N–H and O–H groups in total. The quantitative estimate of drug-likeness (QED) is 0.700. The highest BCUT2D eigenvalue weighted by Crippen LogP contribution is 2.36. The normalized spacial score (nSPS) is 18.7. The van der Waals surface area contributed by atoms with Crippen molar-refractivity contribution < 1.29 is 0 Å². The fourth-order valence-corrected chi connectivity index (χ4v) is 5.92. The second-order valence-corrected chi connectivity index (χ2v) is 7.79. The zero-order valence-electron chi connectivity index (χ0n) is 9.77. The van der Waals surface area contributed by atoms with Gasteiger partial charge in [-0.15, -0.1) is 11.3 Å². The van der Waals surface area contributed by atoms with E-state index >= 15 is 0 Å². The van der Waals surface area contributed by atoms with Crippen molar-refractivity contribution in [1.29, 1.82) is 0 Å². The number of nitrogens with zero attached hydrogens (tertiary/aromatic N) is 2. The van der Waals surface area contributed by atoms with Gasteiger partial charge in [-0.2, -0.15) is 11.8 Å². The van der Waals surface area contributed by atoms with Crippen LogP contribution < -0.4 is 5.56 Å². The van der Waals surface area contributed by atoms with E-state index in [0.29, 0.717) is 0 Å². The van der Waals surface area contributed by atoms with E-state index in [1.165, 1.54) is 10.4 Å². The fourth-order valence-electron chi connectivity index (χ4n) is 2.58. The van der Waals surface area contributed by atoms with E-state index in [1.54, 1.807) is 23.1 Å². The molecule has 0 spiro atoms. The summed E-state index contributed by atoms with van der Waals surface area (Å²) in [4.78, 5) is 19.7. The second-order valence-electron chi connectivity index (χ2n) is 4.54. The number of thiophene rings is 1. The lowest BCUT2D eigenvalue weighted by atomic mass is 10.1. The lowest BCUT2D eigenvalue weighted by Crippen LogP contribution is -2.26. The molecule has 0 saturated heterocycles. The number of fused-ring (bicyclic) bond motifs is 4. The Morgan fingerprint density at radius 2 is 2.22 bits per heavy atom. The van der Waals surface area contributed by atoms with Gasteiger partial charge < -0.3 is 0 Å². The Morgan fingerprint density at radius 3 is 3.17 bits per heavy atom. The summed E-state index contributed by atoms with van der Waals surface area (Å²) in [6.45, 7) is 0.837. The van der Waals surface area contributed by atoms with E-state index < -0.39 is 0 Å². The summed E-state index contributed by atoms with van der Waals surface area (Å²) in [6.07, 6.45) is 2.11. The highest BCUT2D eigenvalue weighted by atomic mass is 32.2. The molecule has 0 unspecified atom stereocenters. The van der Waals surface area contributed by atoms with Crippen LogP contribution in [0.1, 0.15) is 16.9 Å². The lowest BCUT2D eigenvalue weighted by Gasteiger charge is -2.16. The van der Waals surface area contributed by atoms with Gasteiger partial charge in [0.25, 0.3) is 5.56 Å². The van der Waals surface area contributed by atoms with Crippen molar-refractivity contribution in [3.8, 4) is 0 Å². The van der Waals surface area contributed by atoms with Crippen LogP contribution in [0.15, 0.2) is 9.95 Å². The predicted octanol–water partition coefficient (Wildman–Crippen LogP) is 2.74. The molecule has 0 fully saturated rings. The van der Waals surface area contributed by atoms with Crippen molar-refractivity contribution in [2.24, 2.45) is 0 Å². The molecule has 2 aliphatic heterocycles. The second kappa shape index (κ2) is 4.28. The molecule has 0 saturated carbocycles. The van der Waals surface area contributed by atoms with Crippen molar-refractivity contribution >= 4 is 45.1 Å². The van der Waals surface area contributed by atoms with Crippen LogP contribution in [0, 0.1) is 0 Å². The summed E-state index contributed by atoms with van der Waals surface area (Å²) in [5.41, 5.74) is 1.49. The maximum atomic E-state index is 12.6. The van der Waals surface area contributed by atoms with E-state index in [4.69, 9.17) is 4.98 Å². The minimum absolute atomic E-state index is 0.201. The molecule has 0 radical (unpaired) electrons. The third-order valence-corrected chi connectivity index (χ3v) is 6.80. The average Bonchev–Trinajstić information content (AvgIpc) is 2.77. The van der Waals surface area contributed by atoms with Crippen LogP contribution in [-0.2, 0) is 18.7 Å². The highest BCUT2D eigenvalue weighted by molar-refractivity contribution is 7.99. The van der Waals surface area contributed by atoms with Crippen molar-refractivity contribution in [1.82, 2.24) is 9.55 Å². The lowest BCUT2D eigenvalue weighted by molar-refractivity contribution is 0.572. The summed E-state index contributed by atoms with van der Waals surface area (Å²) in [7, 11) is 0. The Hall–Kier alpha value is -0.460. The van der Waals surface area contributed by atoms with E-state index in [1.807, 2.05) is 16.3 Å². The van der Waals surface area contributed by atoms with Gasteiger partial charge in [-0.3, -0.25) is 9.36 Å². The summed E-state index contributed by atoms with van der Waals surface area (Å²) in [5, 5.41) is 1.84. The van der Waals surface area contributed by atoms with Gasteiger partial charge in [0.2, 0.25) is 0 Å². The topological polar surface area (TPSA) is 34.9 Å². The monoisotopic (exact) mass is 296 g/mol. The van der Waals surface area contributed by atoms with Gasteiger partial charge in [0, 0.05) is 22.9 Å². The van der Waals surface area contributed by atoms with E-state index in [0.717, 1.165) is 52.0 Å². The standard InChI is InChI=1S/C12H12N2OS3/c15-11-9-7-2-5-16-6-8(7)18-10(9)13-12-14(11)3-1-4-17-12/h1-6H2. The zero-order chi connectivity index (χ0) is 12.1. The predicted molar refractivity (Wildman–Crippen MR) is 79.1 cm³/mol. The molecule has 0 amide bonds. The average molecular weight is 296 g/mol. The maximum absolute atomic E-state index is 12.6. The van der Waals surface area contributed by atoms with Crippen LogP contribution in [0.3, 0.4) is 0 Å². The first-order valence-corrected chi connectivity index (χ1v) is 9.06. The minimum atomic E-state index is 0.201. The Bertz CT molecular complexity index is 689. The summed E-state index contributed by atoms with van der Waals surface area (Å²) >= 11 is 5.40. The van der Waals surface area contributed by atoms with Gasteiger partial charge in [0.15, 0.2) is 5.16 Å². The molecule has 18 heavy (non-hydrogen) atoms. The summed E-state index contributed by atoms with van der Waals surface area (Å²) in [5.74, 6) is 3.27. The Labute approximate surface area is 117 Å². The molecule has 6 heteroatoms. The van der Waals surface area contributed by atoms with Crippen molar-refractivity contribution in [3.63, 3.8) is 0 Å². The molecule has 0 aliphatic carbocycles. The van der Waals surface area contributed by atoms with Crippen molar-refractivity contribution in [2.45, 2.75) is 30.3 Å². The molecule has 2 aromatic heterocycles. The Kier molecular flexibility index (Phi) is 2.71. The van der Waals surface area contributed by atoms with Crippen LogP contribution in [0.4, 0.5) is 0 Å². The van der Waals surface area contributed by atoms with Gasteiger partial charge in [0.05, 0.1) is 5.39 Å². The Morgan fingerprint density at radius 1 is 1.28 bits per heavy atom. The molecule has 2 aromatic rings. The number of hydrogen-bond donors (Lipinski definition) is 0. The molecule has 3 nitrogen and oxygen atoms in total. The smallest absolute Gasteiger partial charge is 0.263 e. The molecule has 2 aliphatic rings. The zero-order valence-corrected chi connectivity index (χ0v) is 12.2. The molecule has 4 heterocycles. The molecular weight excluding hydrogens is 284 g/mol.